The Bertz CT molecular complexity index is 796. The molecule has 2 bridgehead atoms. The molecule has 0 aromatic carbocycles. The zero-order chi connectivity index (χ0) is 35.2. The summed E-state index contributed by atoms with van der Waals surface area (Å²) < 4.78 is 69.4. The SMILES string of the molecule is C1CC2C3CCC(C3)C2C1.CCOCCOC[Si]1(C)O[SiH](C)O[SiH](C)O[SiH](C)O1.CCOCCOC[Si]1(C)O[SiH](C)O[SiH](C)O[SiH](C)O1. The first kappa shape index (κ1) is 43.7. The van der Waals surface area contributed by atoms with Crippen LogP contribution in [0.4, 0.5) is 0 Å². The maximum atomic E-state index is 6.08. The van der Waals surface area contributed by atoms with Crippen LogP contribution in [0.5, 0.6) is 0 Å². The van der Waals surface area contributed by atoms with Gasteiger partial charge in [0, 0.05) is 13.2 Å². The second-order valence-electron chi connectivity index (χ2n) is 13.8. The minimum absolute atomic E-state index is 0.511. The summed E-state index contributed by atoms with van der Waals surface area (Å²) in [7, 11) is -14.4. The fourth-order valence-electron chi connectivity index (χ4n) is 7.91. The zero-order valence-electron chi connectivity index (χ0n) is 31.6. The molecule has 8 atom stereocenters. The third-order valence-electron chi connectivity index (χ3n) is 9.42. The Morgan fingerprint density at radius 3 is 1.17 bits per heavy atom. The van der Waals surface area contributed by atoms with E-state index in [1.807, 2.05) is 66.2 Å². The van der Waals surface area contributed by atoms with Crippen LogP contribution in [0.1, 0.15) is 52.4 Å². The van der Waals surface area contributed by atoms with Crippen LogP contribution in [-0.2, 0) is 51.9 Å². The smallest absolute Gasteiger partial charge is 0.343 e. The van der Waals surface area contributed by atoms with Crippen molar-refractivity contribution in [2.75, 3.05) is 52.1 Å². The molecule has 8 unspecified atom stereocenters. The van der Waals surface area contributed by atoms with Crippen LogP contribution in [-0.4, -0.2) is 125 Å². The molecule has 2 saturated heterocycles. The lowest BCUT2D eigenvalue weighted by Crippen LogP contribution is -2.56. The highest BCUT2D eigenvalue weighted by Gasteiger charge is 2.49. The summed E-state index contributed by atoms with van der Waals surface area (Å²) in [5, 5.41) is 0. The molecule has 3 aliphatic carbocycles. The van der Waals surface area contributed by atoms with E-state index in [1.165, 1.54) is 23.7 Å². The molecular formula is C28H68O12Si8. The monoisotopic (exact) mass is 820 g/mol. The van der Waals surface area contributed by atoms with E-state index in [0.29, 0.717) is 52.1 Å². The Kier molecular flexibility index (Phi) is 20.4. The summed E-state index contributed by atoms with van der Waals surface area (Å²) in [4.78, 5) is 0. The van der Waals surface area contributed by atoms with Gasteiger partial charge in [0.25, 0.3) is 55.7 Å². The van der Waals surface area contributed by atoms with E-state index >= 15 is 0 Å². The molecule has 2 heterocycles. The van der Waals surface area contributed by atoms with Gasteiger partial charge in [0.2, 0.25) is 0 Å². The van der Waals surface area contributed by atoms with Crippen molar-refractivity contribution in [2.45, 2.75) is 105 Å². The van der Waals surface area contributed by atoms with Gasteiger partial charge < -0.3 is 51.9 Å². The number of hydrogen-bond donors (Lipinski definition) is 0. The summed E-state index contributed by atoms with van der Waals surface area (Å²) in [6, 6.07) is 0. The van der Waals surface area contributed by atoms with Crippen molar-refractivity contribution in [3.05, 3.63) is 0 Å². The Morgan fingerprint density at radius 1 is 0.500 bits per heavy atom. The lowest BCUT2D eigenvalue weighted by molar-refractivity contribution is 0.0605. The third-order valence-corrected chi connectivity index (χ3v) is 36.4. The largest absolute Gasteiger partial charge is 0.420 e. The van der Waals surface area contributed by atoms with E-state index in [1.54, 1.807) is 38.5 Å². The highest BCUT2D eigenvalue weighted by molar-refractivity contribution is 6.81. The maximum Gasteiger partial charge on any atom is 0.343 e. The zero-order valence-corrected chi connectivity index (χ0v) is 40.5. The molecule has 0 aromatic rings. The second-order valence-corrected chi connectivity index (χ2v) is 33.8. The van der Waals surface area contributed by atoms with Gasteiger partial charge in [0.05, 0.1) is 38.9 Å². The highest BCUT2D eigenvalue weighted by Crippen LogP contribution is 2.58. The van der Waals surface area contributed by atoms with Crippen molar-refractivity contribution < 1.29 is 51.9 Å². The molecule has 3 saturated carbocycles. The summed E-state index contributed by atoms with van der Waals surface area (Å²) in [6.45, 7) is 24.0. The summed E-state index contributed by atoms with van der Waals surface area (Å²) in [5.74, 6) is 4.80. The molecule has 0 amide bonds. The molecule has 20 heteroatoms. The Balaban J connectivity index is 0.000000203. The summed E-state index contributed by atoms with van der Waals surface area (Å²) >= 11 is 0. The first-order valence-corrected chi connectivity index (χ1v) is 36.1. The van der Waals surface area contributed by atoms with E-state index in [9.17, 15) is 0 Å². The fourth-order valence-corrected chi connectivity index (χ4v) is 35.9. The maximum absolute atomic E-state index is 6.08. The Morgan fingerprint density at radius 2 is 0.833 bits per heavy atom. The van der Waals surface area contributed by atoms with Gasteiger partial charge in [-0.2, -0.15) is 0 Å². The lowest BCUT2D eigenvalue weighted by Gasteiger charge is -2.36. The molecule has 0 radical (unpaired) electrons. The van der Waals surface area contributed by atoms with Crippen LogP contribution in [0.2, 0.25) is 52.4 Å². The van der Waals surface area contributed by atoms with E-state index in [2.05, 4.69) is 0 Å². The second kappa shape index (κ2) is 22.5. The third kappa shape index (κ3) is 15.7. The molecule has 0 spiro atoms. The van der Waals surface area contributed by atoms with E-state index in [-0.39, 0.29) is 0 Å². The first-order valence-electron chi connectivity index (χ1n) is 18.5. The number of rotatable bonds is 12. The molecule has 2 aliphatic heterocycles. The van der Waals surface area contributed by atoms with Gasteiger partial charge in [-0.3, -0.25) is 0 Å². The predicted molar refractivity (Wildman–Crippen MR) is 206 cm³/mol. The Labute approximate surface area is 304 Å². The quantitative estimate of drug-likeness (QED) is 0.213. The van der Waals surface area contributed by atoms with Crippen molar-refractivity contribution in [3.63, 3.8) is 0 Å². The lowest BCUT2D eigenvalue weighted by atomic mass is 9.82. The molecule has 5 fully saturated rings. The van der Waals surface area contributed by atoms with Crippen molar-refractivity contribution in [1.82, 2.24) is 0 Å². The van der Waals surface area contributed by atoms with E-state index in [4.69, 9.17) is 51.9 Å². The highest BCUT2D eigenvalue weighted by atomic mass is 28.5. The fraction of sp³-hybridized carbons (Fsp3) is 1.00. The van der Waals surface area contributed by atoms with Crippen LogP contribution in [0.3, 0.4) is 0 Å². The van der Waals surface area contributed by atoms with Crippen molar-refractivity contribution >= 4 is 72.8 Å². The molecule has 284 valence electrons. The summed E-state index contributed by atoms with van der Waals surface area (Å²) in [6.07, 6.45) is 10.6. The topological polar surface area (TPSA) is 111 Å². The molecule has 0 aromatic heterocycles. The minimum atomic E-state index is -2.32. The van der Waals surface area contributed by atoms with E-state index in [0.717, 1.165) is 0 Å². The normalized spacial score (nSPS) is 41.1. The number of ether oxygens (including phenoxy) is 4. The van der Waals surface area contributed by atoms with Crippen LogP contribution < -0.4 is 0 Å². The van der Waals surface area contributed by atoms with Gasteiger partial charge in [0.15, 0.2) is 0 Å². The van der Waals surface area contributed by atoms with Gasteiger partial charge in [-0.1, -0.05) is 6.42 Å². The van der Waals surface area contributed by atoms with Crippen LogP contribution >= 0.6 is 0 Å². The molecular weight excluding hydrogens is 753 g/mol. The van der Waals surface area contributed by atoms with Crippen molar-refractivity contribution in [1.29, 1.82) is 0 Å². The first-order chi connectivity index (χ1) is 22.8. The minimum Gasteiger partial charge on any atom is -0.420 e. The standard InChI is InChI=1S/C10H16.2C9H26O6Si4/c1-2-9-7-4-5-8(6-7)10(9)3-1;2*1-6-10-7-8-11-9-19(5)14-17(3)12-16(2)13-18(4)15-19/h7-10H,1-6H2;2*16-18H,6-9H2,1-5H3. The number of fused-ring (bicyclic) bond motifs is 5. The van der Waals surface area contributed by atoms with Gasteiger partial charge in [0.1, 0.15) is 0 Å². The van der Waals surface area contributed by atoms with Crippen molar-refractivity contribution in [3.8, 4) is 0 Å². The van der Waals surface area contributed by atoms with Crippen LogP contribution in [0, 0.1) is 23.7 Å². The molecule has 5 rings (SSSR count). The van der Waals surface area contributed by atoms with Crippen LogP contribution in [0.25, 0.3) is 0 Å². The Hall–Kier alpha value is 1.26. The van der Waals surface area contributed by atoms with Gasteiger partial charge in [-0.05, 0) is 122 Å². The van der Waals surface area contributed by atoms with Gasteiger partial charge >= 0.3 is 17.1 Å². The van der Waals surface area contributed by atoms with E-state index < -0.39 is 72.8 Å². The molecule has 12 nitrogen and oxygen atoms in total. The van der Waals surface area contributed by atoms with Gasteiger partial charge in [-0.25, -0.2) is 0 Å². The predicted octanol–water partition coefficient (Wildman–Crippen LogP) is 3.40. The van der Waals surface area contributed by atoms with Crippen LogP contribution in [0.15, 0.2) is 0 Å². The molecule has 0 N–H and O–H groups in total. The average molecular weight is 822 g/mol. The van der Waals surface area contributed by atoms with Gasteiger partial charge in [-0.15, -0.1) is 0 Å². The molecule has 5 aliphatic rings. The number of hydrogen-bond acceptors (Lipinski definition) is 12. The summed E-state index contributed by atoms with van der Waals surface area (Å²) in [5.41, 5.74) is 0. The van der Waals surface area contributed by atoms with Crippen molar-refractivity contribution in [2.24, 2.45) is 23.7 Å². The molecule has 48 heavy (non-hydrogen) atoms. The average Bonchev–Trinajstić information content (AvgIpc) is 3.72.